The van der Waals surface area contributed by atoms with Crippen LogP contribution in [0.3, 0.4) is 0 Å². The third-order valence-electron chi connectivity index (χ3n) is 3.94. The van der Waals surface area contributed by atoms with Crippen molar-refractivity contribution in [1.82, 2.24) is 0 Å². The van der Waals surface area contributed by atoms with E-state index in [9.17, 15) is 4.79 Å². The molecule has 0 saturated heterocycles. The number of ketones is 1. The molecule has 0 spiro atoms. The summed E-state index contributed by atoms with van der Waals surface area (Å²) < 4.78 is 0. The van der Waals surface area contributed by atoms with Gasteiger partial charge in [0.2, 0.25) is 0 Å². The quantitative estimate of drug-likeness (QED) is 0.232. The van der Waals surface area contributed by atoms with Crippen molar-refractivity contribution < 1.29 is 4.79 Å². The summed E-state index contributed by atoms with van der Waals surface area (Å²) in [5.41, 5.74) is 2.08. The zero-order valence-corrected chi connectivity index (χ0v) is 15.0. The molecule has 0 aliphatic heterocycles. The summed E-state index contributed by atoms with van der Waals surface area (Å²) in [5.74, 6) is 0.291. The molecule has 118 valence electrons. The Morgan fingerprint density at radius 2 is 1.38 bits per heavy atom. The molecule has 1 aromatic carbocycles. The van der Waals surface area contributed by atoms with Crippen molar-refractivity contribution in [2.75, 3.05) is 0 Å². The second-order valence-corrected chi connectivity index (χ2v) is 6.39. The summed E-state index contributed by atoms with van der Waals surface area (Å²) in [6.45, 7) is 2.25. The van der Waals surface area contributed by atoms with Crippen LogP contribution >= 0.6 is 15.9 Å². The molecule has 0 fully saturated rings. The largest absolute Gasteiger partial charge is 0.294 e. The van der Waals surface area contributed by atoms with Gasteiger partial charge in [0.1, 0.15) is 0 Å². The van der Waals surface area contributed by atoms with Gasteiger partial charge in [-0.15, -0.1) is 0 Å². The Labute approximate surface area is 138 Å². The van der Waals surface area contributed by atoms with Crippen LogP contribution in [-0.4, -0.2) is 5.78 Å². The molecule has 0 amide bonds. The number of alkyl halides is 1. The van der Waals surface area contributed by atoms with Gasteiger partial charge in [0.25, 0.3) is 0 Å². The topological polar surface area (TPSA) is 17.1 Å². The minimum absolute atomic E-state index is 0.291. The summed E-state index contributed by atoms with van der Waals surface area (Å²) in [4.78, 5) is 12.0. The Bertz CT molecular complexity index is 383. The number of rotatable bonds is 12. The van der Waals surface area contributed by atoms with Gasteiger partial charge in [-0.2, -0.15) is 0 Å². The monoisotopic (exact) mass is 352 g/mol. The number of halogens is 1. The molecular weight excluding hydrogens is 324 g/mol. The fraction of sp³-hybridized carbons (Fsp3) is 0.632. The average Bonchev–Trinajstić information content (AvgIpc) is 2.53. The molecular formula is C19H29BrO. The summed E-state index contributed by atoms with van der Waals surface area (Å²) in [6.07, 6.45) is 12.4. The van der Waals surface area contributed by atoms with Crippen LogP contribution in [0.25, 0.3) is 0 Å². The molecule has 0 atom stereocenters. The van der Waals surface area contributed by atoms with Gasteiger partial charge in [-0.25, -0.2) is 0 Å². The number of carbonyl (C=O) groups is 1. The highest BCUT2D eigenvalue weighted by molar-refractivity contribution is 9.08. The van der Waals surface area contributed by atoms with E-state index in [4.69, 9.17) is 0 Å². The van der Waals surface area contributed by atoms with E-state index in [1.165, 1.54) is 56.9 Å². The number of Topliss-reactive ketones (excluding diaryl/α,β-unsaturated/α-hetero) is 1. The number of carbonyl (C=O) groups excluding carboxylic acids is 1. The summed E-state index contributed by atoms with van der Waals surface area (Å²) in [6, 6.07) is 7.95. The van der Waals surface area contributed by atoms with E-state index in [0.717, 1.165) is 17.3 Å². The van der Waals surface area contributed by atoms with Gasteiger partial charge >= 0.3 is 0 Å². The van der Waals surface area contributed by atoms with Gasteiger partial charge in [0.05, 0.1) is 0 Å². The SMILES string of the molecule is CCCCCCCCCCCC(=O)c1ccc(CBr)cc1. The fourth-order valence-corrected chi connectivity index (χ4v) is 2.89. The van der Waals surface area contributed by atoms with Crippen LogP contribution < -0.4 is 0 Å². The summed E-state index contributed by atoms with van der Waals surface area (Å²) in [7, 11) is 0. The maximum Gasteiger partial charge on any atom is 0.162 e. The van der Waals surface area contributed by atoms with Gasteiger partial charge in [-0.1, -0.05) is 98.5 Å². The first-order valence-electron chi connectivity index (χ1n) is 8.46. The van der Waals surface area contributed by atoms with Gasteiger partial charge in [-0.05, 0) is 12.0 Å². The van der Waals surface area contributed by atoms with Crippen molar-refractivity contribution in [3.63, 3.8) is 0 Å². The van der Waals surface area contributed by atoms with Crippen LogP contribution in [0, 0.1) is 0 Å². The third-order valence-corrected chi connectivity index (χ3v) is 4.59. The molecule has 0 heterocycles. The lowest BCUT2D eigenvalue weighted by Gasteiger charge is -2.03. The highest BCUT2D eigenvalue weighted by atomic mass is 79.9. The Morgan fingerprint density at radius 3 is 1.90 bits per heavy atom. The molecule has 1 nitrogen and oxygen atoms in total. The molecule has 0 radical (unpaired) electrons. The van der Waals surface area contributed by atoms with E-state index in [0.29, 0.717) is 12.2 Å². The Balaban J connectivity index is 2.05. The Hall–Kier alpha value is -0.630. The molecule has 2 heteroatoms. The summed E-state index contributed by atoms with van der Waals surface area (Å²) in [5, 5.41) is 0.847. The van der Waals surface area contributed by atoms with Crippen LogP contribution in [0.1, 0.15) is 87.1 Å². The second kappa shape index (κ2) is 12.0. The van der Waals surface area contributed by atoms with E-state index in [1.54, 1.807) is 0 Å². The first-order chi connectivity index (χ1) is 10.3. The summed E-state index contributed by atoms with van der Waals surface area (Å²) >= 11 is 3.42. The van der Waals surface area contributed by atoms with Crippen LogP contribution in [0.15, 0.2) is 24.3 Å². The van der Waals surface area contributed by atoms with E-state index < -0.39 is 0 Å². The average molecular weight is 353 g/mol. The highest BCUT2D eigenvalue weighted by Crippen LogP contribution is 2.14. The predicted octanol–water partition coefficient (Wildman–Crippen LogP) is 6.69. The van der Waals surface area contributed by atoms with Gasteiger partial charge in [0.15, 0.2) is 5.78 Å². The van der Waals surface area contributed by atoms with E-state index in [1.807, 2.05) is 24.3 Å². The van der Waals surface area contributed by atoms with Crippen molar-refractivity contribution in [2.45, 2.75) is 76.5 Å². The van der Waals surface area contributed by atoms with E-state index in [-0.39, 0.29) is 0 Å². The number of benzene rings is 1. The fourth-order valence-electron chi connectivity index (χ4n) is 2.52. The number of hydrogen-bond acceptors (Lipinski definition) is 1. The van der Waals surface area contributed by atoms with Crippen LogP contribution in [0.4, 0.5) is 0 Å². The lowest BCUT2D eigenvalue weighted by Crippen LogP contribution is -1.99. The smallest absolute Gasteiger partial charge is 0.162 e. The Morgan fingerprint density at radius 1 is 0.857 bits per heavy atom. The molecule has 21 heavy (non-hydrogen) atoms. The molecule has 1 rings (SSSR count). The van der Waals surface area contributed by atoms with Crippen molar-refractivity contribution >= 4 is 21.7 Å². The van der Waals surface area contributed by atoms with Crippen LogP contribution in [0.2, 0.25) is 0 Å². The van der Waals surface area contributed by atoms with Gasteiger partial charge < -0.3 is 0 Å². The third kappa shape index (κ3) is 8.40. The maximum absolute atomic E-state index is 12.0. The van der Waals surface area contributed by atoms with E-state index in [2.05, 4.69) is 22.9 Å². The lowest BCUT2D eigenvalue weighted by atomic mass is 10.0. The molecule has 0 aliphatic carbocycles. The molecule has 0 aliphatic rings. The Kier molecular flexibility index (Phi) is 10.5. The molecule has 0 saturated carbocycles. The maximum atomic E-state index is 12.0. The molecule has 0 N–H and O–H groups in total. The zero-order valence-electron chi connectivity index (χ0n) is 13.4. The first kappa shape index (κ1) is 18.4. The van der Waals surface area contributed by atoms with Gasteiger partial charge in [-0.3, -0.25) is 4.79 Å². The van der Waals surface area contributed by atoms with Crippen molar-refractivity contribution in [3.8, 4) is 0 Å². The van der Waals surface area contributed by atoms with Crippen molar-refractivity contribution in [1.29, 1.82) is 0 Å². The number of hydrogen-bond donors (Lipinski definition) is 0. The highest BCUT2D eigenvalue weighted by Gasteiger charge is 2.05. The molecule has 1 aromatic rings. The first-order valence-corrected chi connectivity index (χ1v) is 9.58. The molecule has 0 aromatic heterocycles. The minimum Gasteiger partial charge on any atom is -0.294 e. The second-order valence-electron chi connectivity index (χ2n) is 5.83. The van der Waals surface area contributed by atoms with Crippen LogP contribution in [-0.2, 0) is 5.33 Å². The lowest BCUT2D eigenvalue weighted by molar-refractivity contribution is 0.0979. The standard InChI is InChI=1S/C19H29BrO/c1-2-3-4-5-6-7-8-9-10-11-19(21)18-14-12-17(16-20)13-15-18/h12-15H,2-11,16H2,1H3. The van der Waals surface area contributed by atoms with E-state index >= 15 is 0 Å². The van der Waals surface area contributed by atoms with Gasteiger partial charge in [0, 0.05) is 17.3 Å². The normalized spacial score (nSPS) is 10.8. The molecule has 0 bridgehead atoms. The van der Waals surface area contributed by atoms with Crippen LogP contribution in [0.5, 0.6) is 0 Å². The van der Waals surface area contributed by atoms with Crippen molar-refractivity contribution in [2.24, 2.45) is 0 Å². The van der Waals surface area contributed by atoms with Crippen molar-refractivity contribution in [3.05, 3.63) is 35.4 Å². The predicted molar refractivity (Wildman–Crippen MR) is 95.2 cm³/mol. The number of unbranched alkanes of at least 4 members (excludes halogenated alkanes) is 8. The zero-order chi connectivity index (χ0) is 15.3. The molecule has 0 unspecified atom stereocenters. The minimum atomic E-state index is 0.291.